The highest BCUT2D eigenvalue weighted by Crippen LogP contribution is 2.34. The normalized spacial score (nSPS) is 11.3. The van der Waals surface area contributed by atoms with Gasteiger partial charge in [0.2, 0.25) is 0 Å². The number of allylic oxidation sites excluding steroid dienone is 2. The van der Waals surface area contributed by atoms with Crippen LogP contribution in [0.1, 0.15) is 30.0 Å². The lowest BCUT2D eigenvalue weighted by Crippen LogP contribution is -2.09. The van der Waals surface area contributed by atoms with Crippen molar-refractivity contribution in [2.45, 2.75) is 19.8 Å². The van der Waals surface area contributed by atoms with Crippen LogP contribution in [0.3, 0.4) is 0 Å². The molecule has 0 heterocycles. The van der Waals surface area contributed by atoms with Gasteiger partial charge in [-0.3, -0.25) is 0 Å². The second-order valence-corrected chi connectivity index (χ2v) is 7.81. The third kappa shape index (κ3) is 5.65. The van der Waals surface area contributed by atoms with Crippen molar-refractivity contribution >= 4 is 29.2 Å². The molecule has 0 saturated heterocycles. The van der Waals surface area contributed by atoms with Gasteiger partial charge in [0.1, 0.15) is 0 Å². The molecule has 0 unspecified atom stereocenters. The molecule has 0 aromatic heterocycles. The maximum atomic E-state index is 2.30. The van der Waals surface area contributed by atoms with Crippen molar-refractivity contribution in [2.24, 2.45) is 0 Å². The standard InChI is InChI=1S/C31H29N/c1-2-11-26-18-22-30(23-19-26)32(29-16-7-4-8-17-29)31-24-20-28(21-25-31)15-10-9-14-27-12-5-3-6-13-27/h3-10,12-25H,2,11H2,1H3/b14-9+,15-10+. The van der Waals surface area contributed by atoms with Gasteiger partial charge in [-0.05, 0) is 59.5 Å². The molecule has 158 valence electrons. The summed E-state index contributed by atoms with van der Waals surface area (Å²) in [4.78, 5) is 2.30. The van der Waals surface area contributed by atoms with Crippen LogP contribution in [-0.4, -0.2) is 0 Å². The molecule has 0 saturated carbocycles. The molecule has 0 fully saturated rings. The molecule has 32 heavy (non-hydrogen) atoms. The van der Waals surface area contributed by atoms with Crippen LogP contribution in [0.2, 0.25) is 0 Å². The van der Waals surface area contributed by atoms with E-state index < -0.39 is 0 Å². The predicted octanol–water partition coefficient (Wildman–Crippen LogP) is 8.84. The zero-order valence-electron chi connectivity index (χ0n) is 18.6. The van der Waals surface area contributed by atoms with Crippen molar-refractivity contribution in [3.63, 3.8) is 0 Å². The van der Waals surface area contributed by atoms with E-state index >= 15 is 0 Å². The highest BCUT2D eigenvalue weighted by molar-refractivity contribution is 5.77. The molecule has 0 aliphatic carbocycles. The number of para-hydroxylation sites is 1. The van der Waals surface area contributed by atoms with E-state index in [0.29, 0.717) is 0 Å². The summed E-state index contributed by atoms with van der Waals surface area (Å²) < 4.78 is 0. The number of rotatable bonds is 8. The summed E-state index contributed by atoms with van der Waals surface area (Å²) in [5.74, 6) is 0. The molecular formula is C31H29N. The number of aryl methyl sites for hydroxylation is 1. The van der Waals surface area contributed by atoms with Crippen molar-refractivity contribution < 1.29 is 0 Å². The van der Waals surface area contributed by atoms with Gasteiger partial charge in [0, 0.05) is 17.1 Å². The lowest BCUT2D eigenvalue weighted by molar-refractivity contribution is 0.922. The lowest BCUT2D eigenvalue weighted by Gasteiger charge is -2.25. The lowest BCUT2D eigenvalue weighted by atomic mass is 10.1. The maximum Gasteiger partial charge on any atom is 0.0462 e. The van der Waals surface area contributed by atoms with Crippen LogP contribution in [0.4, 0.5) is 17.1 Å². The second-order valence-electron chi connectivity index (χ2n) is 7.81. The summed E-state index contributed by atoms with van der Waals surface area (Å²) >= 11 is 0. The molecular weight excluding hydrogens is 386 g/mol. The summed E-state index contributed by atoms with van der Waals surface area (Å²) in [6, 6.07) is 38.5. The fourth-order valence-electron chi connectivity index (χ4n) is 3.76. The average molecular weight is 416 g/mol. The van der Waals surface area contributed by atoms with Gasteiger partial charge < -0.3 is 4.90 Å². The molecule has 0 spiro atoms. The second kappa shape index (κ2) is 11.0. The third-order valence-corrected chi connectivity index (χ3v) is 5.39. The first-order valence-corrected chi connectivity index (χ1v) is 11.3. The van der Waals surface area contributed by atoms with Crippen LogP contribution in [0.15, 0.2) is 121 Å². The van der Waals surface area contributed by atoms with E-state index in [9.17, 15) is 0 Å². The highest BCUT2D eigenvalue weighted by atomic mass is 15.1. The first kappa shape index (κ1) is 21.4. The molecule has 4 aromatic carbocycles. The molecule has 0 radical (unpaired) electrons. The van der Waals surface area contributed by atoms with E-state index in [1.807, 2.05) is 6.07 Å². The zero-order chi connectivity index (χ0) is 22.0. The Balaban J connectivity index is 1.55. The van der Waals surface area contributed by atoms with Crippen molar-refractivity contribution in [1.29, 1.82) is 0 Å². The van der Waals surface area contributed by atoms with Gasteiger partial charge in [0.25, 0.3) is 0 Å². The quantitative estimate of drug-likeness (QED) is 0.260. The summed E-state index contributed by atoms with van der Waals surface area (Å²) in [5.41, 5.74) is 7.24. The number of benzene rings is 4. The fraction of sp³-hybridized carbons (Fsp3) is 0.0968. The Morgan fingerprint density at radius 2 is 1.00 bits per heavy atom. The molecule has 0 aliphatic heterocycles. The minimum absolute atomic E-state index is 1.12. The molecule has 0 aliphatic rings. The SMILES string of the molecule is CCCc1ccc(N(c2ccccc2)c2ccc(/C=C/C=C/c3ccccc3)cc2)cc1. The zero-order valence-corrected chi connectivity index (χ0v) is 18.6. The van der Waals surface area contributed by atoms with Crippen LogP contribution in [0.25, 0.3) is 12.2 Å². The summed E-state index contributed by atoms with van der Waals surface area (Å²) in [5, 5.41) is 0. The molecule has 0 atom stereocenters. The highest BCUT2D eigenvalue weighted by Gasteiger charge is 2.11. The molecule has 0 N–H and O–H groups in total. The average Bonchev–Trinajstić information content (AvgIpc) is 2.85. The van der Waals surface area contributed by atoms with Gasteiger partial charge >= 0.3 is 0 Å². The van der Waals surface area contributed by atoms with E-state index in [2.05, 4.69) is 139 Å². The number of nitrogens with zero attached hydrogens (tertiary/aromatic N) is 1. The van der Waals surface area contributed by atoms with Crippen molar-refractivity contribution in [3.05, 3.63) is 138 Å². The van der Waals surface area contributed by atoms with E-state index in [-0.39, 0.29) is 0 Å². The van der Waals surface area contributed by atoms with Gasteiger partial charge in [-0.25, -0.2) is 0 Å². The molecule has 4 rings (SSSR count). The third-order valence-electron chi connectivity index (χ3n) is 5.39. The van der Waals surface area contributed by atoms with Gasteiger partial charge in [-0.2, -0.15) is 0 Å². The van der Waals surface area contributed by atoms with Gasteiger partial charge in [0.05, 0.1) is 0 Å². The molecule has 1 nitrogen and oxygen atoms in total. The molecule has 0 amide bonds. The minimum atomic E-state index is 1.12. The predicted molar refractivity (Wildman–Crippen MR) is 140 cm³/mol. The van der Waals surface area contributed by atoms with E-state index in [1.165, 1.54) is 22.4 Å². The van der Waals surface area contributed by atoms with Crippen LogP contribution in [-0.2, 0) is 6.42 Å². The van der Waals surface area contributed by atoms with Gasteiger partial charge in [-0.1, -0.05) is 110 Å². The Bertz CT molecular complexity index is 1140. The van der Waals surface area contributed by atoms with Crippen LogP contribution < -0.4 is 4.90 Å². The smallest absolute Gasteiger partial charge is 0.0462 e. The Morgan fingerprint density at radius 3 is 1.56 bits per heavy atom. The minimum Gasteiger partial charge on any atom is -0.311 e. The fourth-order valence-corrected chi connectivity index (χ4v) is 3.76. The largest absolute Gasteiger partial charge is 0.311 e. The Kier molecular flexibility index (Phi) is 7.34. The Labute approximate surface area is 192 Å². The Hall–Kier alpha value is -3.84. The van der Waals surface area contributed by atoms with E-state index in [1.54, 1.807) is 0 Å². The topological polar surface area (TPSA) is 3.24 Å². The maximum absolute atomic E-state index is 2.30. The van der Waals surface area contributed by atoms with Crippen LogP contribution in [0.5, 0.6) is 0 Å². The Morgan fingerprint density at radius 1 is 0.531 bits per heavy atom. The van der Waals surface area contributed by atoms with Crippen LogP contribution in [0, 0.1) is 0 Å². The summed E-state index contributed by atoms with van der Waals surface area (Å²) in [6.45, 7) is 2.22. The summed E-state index contributed by atoms with van der Waals surface area (Å²) in [6.07, 6.45) is 10.7. The number of anilines is 3. The molecule has 1 heteroatoms. The van der Waals surface area contributed by atoms with Crippen molar-refractivity contribution in [2.75, 3.05) is 4.90 Å². The van der Waals surface area contributed by atoms with E-state index in [4.69, 9.17) is 0 Å². The summed E-state index contributed by atoms with van der Waals surface area (Å²) in [7, 11) is 0. The van der Waals surface area contributed by atoms with Crippen molar-refractivity contribution in [1.82, 2.24) is 0 Å². The number of hydrogen-bond donors (Lipinski definition) is 0. The number of hydrogen-bond acceptors (Lipinski definition) is 1. The molecule has 0 bridgehead atoms. The van der Waals surface area contributed by atoms with Gasteiger partial charge in [0.15, 0.2) is 0 Å². The monoisotopic (exact) mass is 415 g/mol. The first-order chi connectivity index (χ1) is 15.8. The van der Waals surface area contributed by atoms with Crippen molar-refractivity contribution in [3.8, 4) is 0 Å². The van der Waals surface area contributed by atoms with Crippen LogP contribution >= 0.6 is 0 Å². The van der Waals surface area contributed by atoms with E-state index in [0.717, 1.165) is 24.2 Å². The van der Waals surface area contributed by atoms with Gasteiger partial charge in [-0.15, -0.1) is 0 Å². The first-order valence-electron chi connectivity index (χ1n) is 11.3. The molecule has 4 aromatic rings.